The summed E-state index contributed by atoms with van der Waals surface area (Å²) in [5.74, 6) is 0. The van der Waals surface area contributed by atoms with Crippen LogP contribution >= 0.6 is 0 Å². The Morgan fingerprint density at radius 1 is 1.06 bits per heavy atom. The molecule has 0 aliphatic carbocycles. The Balaban J connectivity index is 3.28. The quantitative estimate of drug-likeness (QED) is 0.271. The van der Waals surface area contributed by atoms with E-state index in [-0.39, 0.29) is 0 Å². The fourth-order valence-corrected chi connectivity index (χ4v) is 1.92. The summed E-state index contributed by atoms with van der Waals surface area (Å²) in [4.78, 5) is 3.94. The van der Waals surface area contributed by atoms with Crippen molar-refractivity contribution >= 4 is 10.1 Å². The van der Waals surface area contributed by atoms with Crippen molar-refractivity contribution in [3.05, 3.63) is 0 Å². The SMILES string of the molecule is CC(CCCCCCCCOO)S(=O)(=O)O. The average molecular weight is 254 g/mol. The highest BCUT2D eigenvalue weighted by molar-refractivity contribution is 7.86. The van der Waals surface area contributed by atoms with Crippen molar-refractivity contribution in [2.75, 3.05) is 6.61 Å². The van der Waals surface area contributed by atoms with Gasteiger partial charge in [-0.25, -0.2) is 4.89 Å². The van der Waals surface area contributed by atoms with Crippen LogP contribution in [0.1, 0.15) is 51.9 Å². The zero-order valence-electron chi connectivity index (χ0n) is 9.76. The van der Waals surface area contributed by atoms with Gasteiger partial charge in [-0.3, -0.25) is 9.81 Å². The minimum Gasteiger partial charge on any atom is -0.285 e. The van der Waals surface area contributed by atoms with Gasteiger partial charge in [-0.05, 0) is 19.8 Å². The molecule has 1 unspecified atom stereocenters. The largest absolute Gasteiger partial charge is 0.285 e. The van der Waals surface area contributed by atoms with Gasteiger partial charge in [0.25, 0.3) is 10.1 Å². The van der Waals surface area contributed by atoms with Crippen LogP contribution in [0.15, 0.2) is 0 Å². The van der Waals surface area contributed by atoms with E-state index in [0.717, 1.165) is 38.5 Å². The van der Waals surface area contributed by atoms with Crippen molar-refractivity contribution in [1.82, 2.24) is 0 Å². The fraction of sp³-hybridized carbons (Fsp3) is 1.00. The van der Waals surface area contributed by atoms with Crippen LogP contribution in [-0.2, 0) is 15.0 Å². The lowest BCUT2D eigenvalue weighted by atomic mass is 10.1. The molecule has 2 N–H and O–H groups in total. The minimum atomic E-state index is -3.85. The lowest BCUT2D eigenvalue weighted by Crippen LogP contribution is -2.16. The Kier molecular flexibility index (Phi) is 8.83. The molecule has 0 bridgehead atoms. The molecule has 98 valence electrons. The number of hydrogen-bond donors (Lipinski definition) is 2. The smallest absolute Gasteiger partial charge is 0.267 e. The second kappa shape index (κ2) is 8.92. The third-order valence-corrected chi connectivity index (χ3v) is 3.86. The topological polar surface area (TPSA) is 83.8 Å². The molecule has 0 rings (SSSR count). The Bertz CT molecular complexity index is 250. The molecular formula is C10H22O5S. The molecule has 0 radical (unpaired) electrons. The van der Waals surface area contributed by atoms with Crippen molar-refractivity contribution < 1.29 is 23.1 Å². The van der Waals surface area contributed by atoms with Gasteiger partial charge in [0.05, 0.1) is 11.9 Å². The summed E-state index contributed by atoms with van der Waals surface area (Å²) in [6, 6.07) is 0. The van der Waals surface area contributed by atoms with E-state index in [1.54, 1.807) is 0 Å². The third kappa shape index (κ3) is 9.08. The highest BCUT2D eigenvalue weighted by Crippen LogP contribution is 2.12. The zero-order valence-corrected chi connectivity index (χ0v) is 10.6. The van der Waals surface area contributed by atoms with Crippen molar-refractivity contribution in [3.8, 4) is 0 Å². The molecule has 0 saturated heterocycles. The molecule has 6 heteroatoms. The van der Waals surface area contributed by atoms with Crippen LogP contribution in [0.4, 0.5) is 0 Å². The molecule has 5 nitrogen and oxygen atoms in total. The minimum absolute atomic E-state index is 0.375. The van der Waals surface area contributed by atoms with Gasteiger partial charge in [-0.15, -0.1) is 0 Å². The van der Waals surface area contributed by atoms with E-state index in [1.807, 2.05) is 0 Å². The maximum Gasteiger partial charge on any atom is 0.267 e. The lowest BCUT2D eigenvalue weighted by Gasteiger charge is -2.07. The van der Waals surface area contributed by atoms with E-state index in [2.05, 4.69) is 4.89 Å². The molecule has 0 aliphatic rings. The molecule has 0 aromatic carbocycles. The first-order chi connectivity index (χ1) is 7.48. The molecule has 0 aromatic rings. The van der Waals surface area contributed by atoms with E-state index in [1.165, 1.54) is 6.92 Å². The van der Waals surface area contributed by atoms with Crippen molar-refractivity contribution in [3.63, 3.8) is 0 Å². The summed E-state index contributed by atoms with van der Waals surface area (Å²) in [7, 11) is -3.85. The molecule has 0 amide bonds. The third-order valence-electron chi connectivity index (χ3n) is 2.60. The molecule has 16 heavy (non-hydrogen) atoms. The monoisotopic (exact) mass is 254 g/mol. The standard InChI is InChI=1S/C10H22O5S/c1-10(16(12,13)14)8-6-4-2-3-5-7-9-15-11/h10-11H,2-9H2,1H3,(H,12,13,14). The van der Waals surface area contributed by atoms with Crippen LogP contribution in [0.5, 0.6) is 0 Å². The van der Waals surface area contributed by atoms with E-state index < -0.39 is 15.4 Å². The highest BCUT2D eigenvalue weighted by Gasteiger charge is 2.15. The van der Waals surface area contributed by atoms with Crippen molar-refractivity contribution in [2.45, 2.75) is 57.1 Å². The van der Waals surface area contributed by atoms with Gasteiger partial charge in [-0.1, -0.05) is 32.1 Å². The molecule has 0 heterocycles. The molecule has 1 atom stereocenters. The Labute approximate surface area is 97.5 Å². The summed E-state index contributed by atoms with van der Waals surface area (Å²) < 4.78 is 30.1. The fourth-order valence-electron chi connectivity index (χ4n) is 1.45. The first kappa shape index (κ1) is 15.8. The van der Waals surface area contributed by atoms with Gasteiger partial charge < -0.3 is 0 Å². The van der Waals surface area contributed by atoms with Gasteiger partial charge in [0.2, 0.25) is 0 Å². The predicted molar refractivity (Wildman–Crippen MR) is 61.9 cm³/mol. The summed E-state index contributed by atoms with van der Waals surface area (Å²) in [5.41, 5.74) is 0. The second-order valence-electron chi connectivity index (χ2n) is 4.07. The van der Waals surface area contributed by atoms with Crippen LogP contribution in [0.25, 0.3) is 0 Å². The van der Waals surface area contributed by atoms with Gasteiger partial charge in [-0.2, -0.15) is 8.42 Å². The van der Waals surface area contributed by atoms with Gasteiger partial charge in [0.1, 0.15) is 0 Å². The summed E-state index contributed by atoms with van der Waals surface area (Å²) in [5, 5.41) is 7.41. The Hall–Kier alpha value is -0.170. The Morgan fingerprint density at radius 3 is 2.06 bits per heavy atom. The van der Waals surface area contributed by atoms with Crippen LogP contribution in [0.2, 0.25) is 0 Å². The van der Waals surface area contributed by atoms with E-state index >= 15 is 0 Å². The molecule has 0 aliphatic heterocycles. The lowest BCUT2D eigenvalue weighted by molar-refractivity contribution is -0.242. The second-order valence-corrected chi connectivity index (χ2v) is 5.90. The first-order valence-electron chi connectivity index (χ1n) is 5.71. The summed E-state index contributed by atoms with van der Waals surface area (Å²) in [6.07, 6.45) is 6.26. The van der Waals surface area contributed by atoms with Crippen LogP contribution in [0.3, 0.4) is 0 Å². The zero-order chi connectivity index (χ0) is 12.4. The van der Waals surface area contributed by atoms with E-state index in [9.17, 15) is 8.42 Å². The maximum atomic E-state index is 10.7. The predicted octanol–water partition coefficient (Wildman–Crippen LogP) is 2.48. The van der Waals surface area contributed by atoms with Gasteiger partial charge in [0.15, 0.2) is 0 Å². The van der Waals surface area contributed by atoms with Crippen LogP contribution < -0.4 is 0 Å². The van der Waals surface area contributed by atoms with Gasteiger partial charge in [0, 0.05) is 0 Å². The van der Waals surface area contributed by atoms with Gasteiger partial charge >= 0.3 is 0 Å². The van der Waals surface area contributed by atoms with E-state index in [4.69, 9.17) is 9.81 Å². The van der Waals surface area contributed by atoms with Crippen LogP contribution in [0, 0.1) is 0 Å². The number of rotatable bonds is 10. The average Bonchev–Trinajstić information content (AvgIpc) is 2.20. The first-order valence-corrected chi connectivity index (χ1v) is 7.21. The normalized spacial score (nSPS) is 13.9. The van der Waals surface area contributed by atoms with Crippen LogP contribution in [-0.4, -0.2) is 30.1 Å². The Morgan fingerprint density at radius 2 is 1.56 bits per heavy atom. The molecule has 0 fully saturated rings. The summed E-state index contributed by atoms with van der Waals surface area (Å²) >= 11 is 0. The molecule has 0 aromatic heterocycles. The van der Waals surface area contributed by atoms with Crippen molar-refractivity contribution in [2.24, 2.45) is 0 Å². The molecule has 0 saturated carbocycles. The maximum absolute atomic E-state index is 10.7. The van der Waals surface area contributed by atoms with E-state index in [0.29, 0.717) is 13.0 Å². The highest BCUT2D eigenvalue weighted by atomic mass is 32.2. The van der Waals surface area contributed by atoms with Crippen molar-refractivity contribution in [1.29, 1.82) is 0 Å². The molecule has 0 spiro atoms. The summed E-state index contributed by atoms with van der Waals surface area (Å²) in [6.45, 7) is 1.90. The number of unbranched alkanes of at least 4 members (excludes halogenated alkanes) is 5. The molecular weight excluding hydrogens is 232 g/mol. The number of hydrogen-bond acceptors (Lipinski definition) is 4.